The van der Waals surface area contributed by atoms with Crippen LogP contribution in [-0.4, -0.2) is 61.7 Å². The third-order valence-corrected chi connectivity index (χ3v) is 3.60. The average Bonchev–Trinajstić information content (AvgIpc) is 2.30. The predicted octanol–water partition coefficient (Wildman–Crippen LogP) is 0.376. The van der Waals surface area contributed by atoms with Crippen LogP contribution in [0.25, 0.3) is 0 Å². The molecule has 2 aliphatic heterocycles. The van der Waals surface area contributed by atoms with Gasteiger partial charge in [-0.1, -0.05) is 6.92 Å². The Hall–Kier alpha value is -0.120. The zero-order valence-electron chi connectivity index (χ0n) is 9.34. The zero-order valence-corrected chi connectivity index (χ0v) is 9.34. The van der Waals surface area contributed by atoms with Gasteiger partial charge in [-0.25, -0.2) is 0 Å². The molecule has 3 nitrogen and oxygen atoms in total. The van der Waals surface area contributed by atoms with Crippen molar-refractivity contribution in [3.8, 4) is 0 Å². The predicted molar refractivity (Wildman–Crippen MR) is 59.6 cm³/mol. The van der Waals surface area contributed by atoms with Crippen molar-refractivity contribution >= 4 is 0 Å². The lowest BCUT2D eigenvalue weighted by molar-refractivity contribution is 0.0906. The average molecular weight is 197 g/mol. The van der Waals surface area contributed by atoms with Gasteiger partial charge in [-0.3, -0.25) is 4.90 Å². The van der Waals surface area contributed by atoms with Crippen LogP contribution in [0.3, 0.4) is 0 Å². The SMILES string of the molecule is CCN1CCCC(N2CCNCC2)C1. The minimum Gasteiger partial charge on any atom is -0.314 e. The van der Waals surface area contributed by atoms with Gasteiger partial charge in [-0.15, -0.1) is 0 Å². The first-order valence-electron chi connectivity index (χ1n) is 6.07. The van der Waals surface area contributed by atoms with Gasteiger partial charge < -0.3 is 10.2 Å². The molecule has 0 aromatic carbocycles. The van der Waals surface area contributed by atoms with Gasteiger partial charge in [0.15, 0.2) is 0 Å². The summed E-state index contributed by atoms with van der Waals surface area (Å²) in [6, 6.07) is 0.839. The van der Waals surface area contributed by atoms with E-state index in [1.807, 2.05) is 0 Å². The first-order valence-corrected chi connectivity index (χ1v) is 6.07. The lowest BCUT2D eigenvalue weighted by Crippen LogP contribution is -2.53. The highest BCUT2D eigenvalue weighted by Gasteiger charge is 2.25. The van der Waals surface area contributed by atoms with Gasteiger partial charge in [0.05, 0.1) is 0 Å². The Labute approximate surface area is 87.4 Å². The fraction of sp³-hybridized carbons (Fsp3) is 1.00. The smallest absolute Gasteiger partial charge is 0.0224 e. The van der Waals surface area contributed by atoms with Crippen LogP contribution in [0.1, 0.15) is 19.8 Å². The van der Waals surface area contributed by atoms with Crippen molar-refractivity contribution in [3.63, 3.8) is 0 Å². The molecule has 2 rings (SSSR count). The van der Waals surface area contributed by atoms with Gasteiger partial charge >= 0.3 is 0 Å². The first-order chi connectivity index (χ1) is 6.90. The Balaban J connectivity index is 1.83. The number of likely N-dealkylation sites (N-methyl/N-ethyl adjacent to an activating group) is 1. The van der Waals surface area contributed by atoms with Gasteiger partial charge in [0.25, 0.3) is 0 Å². The van der Waals surface area contributed by atoms with Crippen LogP contribution >= 0.6 is 0 Å². The molecule has 0 amide bonds. The molecule has 82 valence electrons. The van der Waals surface area contributed by atoms with Crippen LogP contribution < -0.4 is 5.32 Å². The highest BCUT2D eigenvalue weighted by atomic mass is 15.3. The highest BCUT2D eigenvalue weighted by Crippen LogP contribution is 2.15. The van der Waals surface area contributed by atoms with Crippen LogP contribution in [0.2, 0.25) is 0 Å². The van der Waals surface area contributed by atoms with Crippen LogP contribution in [0.4, 0.5) is 0 Å². The van der Waals surface area contributed by atoms with Crippen LogP contribution in [-0.2, 0) is 0 Å². The van der Waals surface area contributed by atoms with Crippen molar-refractivity contribution in [1.29, 1.82) is 0 Å². The number of hydrogen-bond acceptors (Lipinski definition) is 3. The Kier molecular flexibility index (Phi) is 3.79. The number of likely N-dealkylation sites (tertiary alicyclic amines) is 1. The summed E-state index contributed by atoms with van der Waals surface area (Å²) in [6.45, 7) is 11.0. The summed E-state index contributed by atoms with van der Waals surface area (Å²) < 4.78 is 0. The number of piperazine rings is 1. The second kappa shape index (κ2) is 5.10. The minimum atomic E-state index is 0.839. The van der Waals surface area contributed by atoms with Gasteiger partial charge in [-0.2, -0.15) is 0 Å². The van der Waals surface area contributed by atoms with E-state index < -0.39 is 0 Å². The van der Waals surface area contributed by atoms with Crippen LogP contribution in [0.5, 0.6) is 0 Å². The molecule has 2 saturated heterocycles. The summed E-state index contributed by atoms with van der Waals surface area (Å²) in [5.74, 6) is 0. The largest absolute Gasteiger partial charge is 0.314 e. The van der Waals surface area contributed by atoms with E-state index in [4.69, 9.17) is 0 Å². The molecular formula is C11H23N3. The Morgan fingerprint density at radius 3 is 2.71 bits per heavy atom. The standard InChI is InChI=1S/C11H23N3/c1-2-13-7-3-4-11(10-13)14-8-5-12-6-9-14/h11-12H,2-10H2,1H3. The second-order valence-corrected chi connectivity index (χ2v) is 4.48. The fourth-order valence-electron chi connectivity index (χ4n) is 2.66. The van der Waals surface area contributed by atoms with Gasteiger partial charge in [-0.05, 0) is 25.9 Å². The Morgan fingerprint density at radius 1 is 1.21 bits per heavy atom. The third kappa shape index (κ3) is 2.47. The molecule has 2 aliphatic rings. The molecule has 0 aromatic rings. The molecule has 1 N–H and O–H groups in total. The Bertz CT molecular complexity index is 166. The van der Waals surface area contributed by atoms with Crippen molar-refractivity contribution in [2.45, 2.75) is 25.8 Å². The Morgan fingerprint density at radius 2 is 2.00 bits per heavy atom. The second-order valence-electron chi connectivity index (χ2n) is 4.48. The molecule has 1 atom stereocenters. The summed E-state index contributed by atoms with van der Waals surface area (Å²) in [5, 5.41) is 3.42. The van der Waals surface area contributed by atoms with E-state index in [-0.39, 0.29) is 0 Å². The first kappa shape index (κ1) is 10.4. The summed E-state index contributed by atoms with van der Waals surface area (Å²) in [4.78, 5) is 5.27. The number of nitrogens with one attached hydrogen (secondary N) is 1. The van der Waals surface area contributed by atoms with Crippen molar-refractivity contribution < 1.29 is 0 Å². The molecule has 2 heterocycles. The maximum atomic E-state index is 3.42. The molecule has 0 saturated carbocycles. The monoisotopic (exact) mass is 197 g/mol. The van der Waals surface area contributed by atoms with Gasteiger partial charge in [0, 0.05) is 38.8 Å². The minimum absolute atomic E-state index is 0.839. The number of rotatable bonds is 2. The maximum Gasteiger partial charge on any atom is 0.0224 e. The lowest BCUT2D eigenvalue weighted by atomic mass is 10.0. The van der Waals surface area contributed by atoms with Gasteiger partial charge in [0.1, 0.15) is 0 Å². The van der Waals surface area contributed by atoms with E-state index in [2.05, 4.69) is 22.0 Å². The van der Waals surface area contributed by atoms with Crippen LogP contribution in [0.15, 0.2) is 0 Å². The summed E-state index contributed by atoms with van der Waals surface area (Å²) in [5.41, 5.74) is 0. The van der Waals surface area contributed by atoms with Crippen LogP contribution in [0, 0.1) is 0 Å². The van der Waals surface area contributed by atoms with E-state index in [1.165, 1.54) is 58.7 Å². The van der Waals surface area contributed by atoms with E-state index in [0.29, 0.717) is 0 Å². The summed E-state index contributed by atoms with van der Waals surface area (Å²) in [6.07, 6.45) is 2.80. The summed E-state index contributed by atoms with van der Waals surface area (Å²) >= 11 is 0. The van der Waals surface area contributed by atoms with Crippen molar-refractivity contribution in [1.82, 2.24) is 15.1 Å². The van der Waals surface area contributed by atoms with Crippen molar-refractivity contribution in [3.05, 3.63) is 0 Å². The quantitative estimate of drug-likeness (QED) is 0.690. The number of hydrogen-bond donors (Lipinski definition) is 1. The number of nitrogens with zero attached hydrogens (tertiary/aromatic N) is 2. The normalized spacial score (nSPS) is 31.9. The molecule has 0 radical (unpaired) electrons. The third-order valence-electron chi connectivity index (χ3n) is 3.60. The van der Waals surface area contributed by atoms with Crippen molar-refractivity contribution in [2.24, 2.45) is 0 Å². The maximum absolute atomic E-state index is 3.42. The molecule has 1 unspecified atom stereocenters. The molecule has 3 heteroatoms. The van der Waals surface area contributed by atoms with Gasteiger partial charge in [0.2, 0.25) is 0 Å². The van der Waals surface area contributed by atoms with E-state index in [0.717, 1.165) is 6.04 Å². The zero-order chi connectivity index (χ0) is 9.80. The van der Waals surface area contributed by atoms with E-state index in [1.54, 1.807) is 0 Å². The fourth-order valence-corrected chi connectivity index (χ4v) is 2.66. The molecule has 14 heavy (non-hydrogen) atoms. The van der Waals surface area contributed by atoms with Crippen molar-refractivity contribution in [2.75, 3.05) is 45.8 Å². The topological polar surface area (TPSA) is 18.5 Å². The van der Waals surface area contributed by atoms with E-state index in [9.17, 15) is 0 Å². The molecule has 2 fully saturated rings. The molecule has 0 bridgehead atoms. The molecular weight excluding hydrogens is 174 g/mol. The summed E-state index contributed by atoms with van der Waals surface area (Å²) in [7, 11) is 0. The molecule has 0 aliphatic carbocycles. The van der Waals surface area contributed by atoms with E-state index >= 15 is 0 Å². The highest BCUT2D eigenvalue weighted by molar-refractivity contribution is 4.82. The molecule has 0 aromatic heterocycles. The molecule has 0 spiro atoms. The number of piperidine rings is 1. The lowest BCUT2D eigenvalue weighted by Gasteiger charge is -2.40.